The van der Waals surface area contributed by atoms with Crippen molar-refractivity contribution in [1.29, 1.82) is 0 Å². The van der Waals surface area contributed by atoms with Gasteiger partial charge in [-0.2, -0.15) is 19.9 Å². The molecular weight excluding hydrogens is 1010 g/mol. The van der Waals surface area contributed by atoms with E-state index in [0.29, 0.717) is 35.2 Å². The van der Waals surface area contributed by atoms with E-state index >= 15 is 0 Å². The second kappa shape index (κ2) is 19.1. The Hall–Kier alpha value is -11.0. The number of hydrogen-bond donors (Lipinski definition) is 0. The molecule has 9 heteroatoms. The molecular formula is C74H49N9. The molecule has 0 bridgehead atoms. The summed E-state index contributed by atoms with van der Waals surface area (Å²) in [5.74, 6) is 3.47. The van der Waals surface area contributed by atoms with Crippen LogP contribution >= 0.6 is 0 Å². The molecule has 1 aliphatic carbocycles. The predicted octanol–water partition coefficient (Wildman–Crippen LogP) is 17.6. The Morgan fingerprint density at radius 1 is 0.277 bits per heavy atom. The number of aromatic nitrogens is 9. The molecule has 0 spiro atoms. The quantitative estimate of drug-likeness (QED) is 0.142. The zero-order valence-corrected chi connectivity index (χ0v) is 45.4. The summed E-state index contributed by atoms with van der Waals surface area (Å²) in [5, 5.41) is 4.34. The first kappa shape index (κ1) is 47.9. The summed E-state index contributed by atoms with van der Waals surface area (Å²) in [6, 6.07) is 89.3. The summed E-state index contributed by atoms with van der Waals surface area (Å²) >= 11 is 0. The predicted molar refractivity (Wildman–Crippen MR) is 335 cm³/mol. The molecule has 0 fully saturated rings. The molecule has 5 aromatic heterocycles. The van der Waals surface area contributed by atoms with Crippen LogP contribution in [-0.2, 0) is 5.41 Å². The minimum atomic E-state index is -0.239. The Morgan fingerprint density at radius 2 is 0.711 bits per heavy atom. The number of pyridine rings is 1. The Balaban J connectivity index is 0.933. The van der Waals surface area contributed by atoms with Gasteiger partial charge in [0, 0.05) is 61.0 Å². The zero-order chi connectivity index (χ0) is 55.2. The van der Waals surface area contributed by atoms with Crippen molar-refractivity contribution < 1.29 is 0 Å². The Bertz CT molecular complexity index is 4920. The Kier molecular flexibility index (Phi) is 11.0. The maximum absolute atomic E-state index is 5.33. The molecule has 390 valence electrons. The highest BCUT2D eigenvalue weighted by Gasteiger charge is 2.36. The molecule has 0 amide bonds. The van der Waals surface area contributed by atoms with Gasteiger partial charge in [0.15, 0.2) is 23.3 Å². The lowest BCUT2D eigenvalue weighted by molar-refractivity contribution is 0.661. The van der Waals surface area contributed by atoms with Crippen LogP contribution in [0, 0.1) is 0 Å². The molecule has 5 heterocycles. The molecule has 0 atom stereocenters. The number of rotatable bonds is 9. The van der Waals surface area contributed by atoms with E-state index in [4.69, 9.17) is 29.9 Å². The minimum Gasteiger partial charge on any atom is -0.278 e. The summed E-state index contributed by atoms with van der Waals surface area (Å²) in [6.45, 7) is 4.66. The van der Waals surface area contributed by atoms with Crippen molar-refractivity contribution in [3.05, 3.63) is 272 Å². The lowest BCUT2D eigenvalue weighted by Gasteiger charge is -2.21. The average molecular weight is 1060 g/mol. The monoisotopic (exact) mass is 1060 g/mol. The smallest absolute Gasteiger partial charge is 0.238 e. The van der Waals surface area contributed by atoms with Crippen LogP contribution in [0.25, 0.3) is 146 Å². The summed E-state index contributed by atoms with van der Waals surface area (Å²) in [7, 11) is 0. The highest BCUT2D eigenvalue weighted by molar-refractivity contribution is 6.14. The third-order valence-electron chi connectivity index (χ3n) is 16.5. The largest absolute Gasteiger partial charge is 0.278 e. The fraction of sp³-hybridized carbons (Fsp3) is 0.0405. The van der Waals surface area contributed by atoms with Crippen LogP contribution < -0.4 is 0 Å². The van der Waals surface area contributed by atoms with Gasteiger partial charge in [0.1, 0.15) is 0 Å². The SMILES string of the molecule is CC1(C)c2ccccc2-c2cc3c4cc(-c5ccc6c7cc(-c8cccc(-c9ccccn9)c8)ccc7n(-c7nc(-c8ccccc8)nc(-c8ccccc8)n7)c6c5)ccc4n(-c4nc(-c5ccccc5)nc(-c5ccccc5)n4)c3cc21. The summed E-state index contributed by atoms with van der Waals surface area (Å²) < 4.78 is 4.46. The normalized spacial score (nSPS) is 12.6. The lowest BCUT2D eigenvalue weighted by Crippen LogP contribution is -2.15. The van der Waals surface area contributed by atoms with E-state index < -0.39 is 0 Å². The summed E-state index contributed by atoms with van der Waals surface area (Å²) in [5.41, 5.74) is 18.7. The van der Waals surface area contributed by atoms with Crippen molar-refractivity contribution in [2.24, 2.45) is 0 Å². The molecule has 0 radical (unpaired) electrons. The van der Waals surface area contributed by atoms with Gasteiger partial charge in [-0.25, -0.2) is 9.97 Å². The topological polar surface area (TPSA) is 100 Å². The first-order valence-electron chi connectivity index (χ1n) is 28.0. The summed E-state index contributed by atoms with van der Waals surface area (Å²) in [6.07, 6.45) is 1.84. The molecule has 0 saturated heterocycles. The van der Waals surface area contributed by atoms with Gasteiger partial charge in [-0.1, -0.05) is 208 Å². The fourth-order valence-electron chi connectivity index (χ4n) is 12.4. The van der Waals surface area contributed by atoms with Crippen molar-refractivity contribution >= 4 is 43.6 Å². The number of hydrogen-bond acceptors (Lipinski definition) is 7. The minimum absolute atomic E-state index is 0.239. The van der Waals surface area contributed by atoms with Crippen LogP contribution in [0.5, 0.6) is 0 Å². The molecule has 10 aromatic carbocycles. The van der Waals surface area contributed by atoms with Gasteiger partial charge < -0.3 is 0 Å². The van der Waals surface area contributed by atoms with E-state index in [9.17, 15) is 0 Å². The maximum Gasteiger partial charge on any atom is 0.238 e. The van der Waals surface area contributed by atoms with Crippen LogP contribution in [0.3, 0.4) is 0 Å². The van der Waals surface area contributed by atoms with Gasteiger partial charge in [-0.05, 0) is 105 Å². The first-order chi connectivity index (χ1) is 40.9. The lowest BCUT2D eigenvalue weighted by atomic mass is 9.82. The van der Waals surface area contributed by atoms with Gasteiger partial charge in [0.05, 0.1) is 27.8 Å². The van der Waals surface area contributed by atoms with E-state index in [1.165, 1.54) is 22.3 Å². The molecule has 1 aliphatic rings. The van der Waals surface area contributed by atoms with E-state index in [1.54, 1.807) is 0 Å². The van der Waals surface area contributed by atoms with Gasteiger partial charge in [0.25, 0.3) is 0 Å². The van der Waals surface area contributed by atoms with E-state index in [0.717, 1.165) is 99.4 Å². The molecule has 0 saturated carbocycles. The van der Waals surface area contributed by atoms with Crippen LogP contribution in [-0.4, -0.2) is 44.0 Å². The standard InChI is InChI=1S/C74H49N9/c1-74(2)61-31-16-15-30-55(61)57-44-60-59-42-52(35-38-65(59)83(67(60)45-62(57)74)73-80-70(48-24-11-5-12-25-48)77-71(81-73)49-26-13-6-14-27-49)53-33-36-56-58-41-51(50-28-19-29-54(40-50)63-32-17-18-39-75-63)34-37-64(58)82(66(56)43-53)72-78-68(46-20-7-3-8-21-46)76-69(79-72)47-22-9-4-10-23-47/h3-45H,1-2H3. The molecule has 0 unspecified atom stereocenters. The van der Waals surface area contributed by atoms with Crippen LogP contribution in [0.4, 0.5) is 0 Å². The average Bonchev–Trinajstić information content (AvgIpc) is 1.84. The fourth-order valence-corrected chi connectivity index (χ4v) is 12.4. The van der Waals surface area contributed by atoms with Crippen molar-refractivity contribution in [2.45, 2.75) is 19.3 Å². The molecule has 16 rings (SSSR count). The van der Waals surface area contributed by atoms with Gasteiger partial charge in [0.2, 0.25) is 11.9 Å². The third kappa shape index (κ3) is 8.04. The van der Waals surface area contributed by atoms with E-state index in [-0.39, 0.29) is 5.41 Å². The second-order valence-corrected chi connectivity index (χ2v) is 21.8. The third-order valence-corrected chi connectivity index (χ3v) is 16.5. The van der Waals surface area contributed by atoms with Gasteiger partial charge in [-0.15, -0.1) is 0 Å². The highest BCUT2D eigenvalue weighted by Crippen LogP contribution is 2.51. The van der Waals surface area contributed by atoms with Crippen molar-refractivity contribution in [3.63, 3.8) is 0 Å². The zero-order valence-electron chi connectivity index (χ0n) is 45.4. The molecule has 0 N–H and O–H groups in total. The van der Waals surface area contributed by atoms with Crippen LogP contribution in [0.15, 0.2) is 261 Å². The van der Waals surface area contributed by atoms with Crippen LogP contribution in [0.1, 0.15) is 25.0 Å². The van der Waals surface area contributed by atoms with Gasteiger partial charge in [-0.3, -0.25) is 14.1 Å². The van der Waals surface area contributed by atoms with E-state index in [1.807, 2.05) is 91.1 Å². The molecule has 0 aliphatic heterocycles. The van der Waals surface area contributed by atoms with Gasteiger partial charge >= 0.3 is 0 Å². The van der Waals surface area contributed by atoms with E-state index in [2.05, 4.69) is 198 Å². The molecule has 9 nitrogen and oxygen atoms in total. The molecule has 83 heavy (non-hydrogen) atoms. The van der Waals surface area contributed by atoms with Crippen molar-refractivity contribution in [3.8, 4) is 102 Å². The summed E-state index contributed by atoms with van der Waals surface area (Å²) in [4.78, 5) is 36.2. The molecule has 15 aromatic rings. The second-order valence-electron chi connectivity index (χ2n) is 21.8. The maximum atomic E-state index is 5.33. The Labute approximate surface area is 478 Å². The number of nitrogens with zero attached hydrogens (tertiary/aromatic N) is 9. The number of benzene rings is 10. The highest BCUT2D eigenvalue weighted by atomic mass is 15.2. The first-order valence-corrected chi connectivity index (χ1v) is 28.0. The van der Waals surface area contributed by atoms with Crippen molar-refractivity contribution in [2.75, 3.05) is 0 Å². The van der Waals surface area contributed by atoms with Crippen molar-refractivity contribution in [1.82, 2.24) is 44.0 Å². The van der Waals surface area contributed by atoms with Crippen LogP contribution in [0.2, 0.25) is 0 Å². The number of fused-ring (bicyclic) bond motifs is 9. The Morgan fingerprint density at radius 3 is 1.25 bits per heavy atom.